The van der Waals surface area contributed by atoms with Crippen molar-refractivity contribution in [1.82, 2.24) is 4.90 Å². The smallest absolute Gasteiger partial charge is 0.0336 e. The molecule has 0 saturated heterocycles. The number of nitrogens with zero attached hydrogens (tertiary/aromatic N) is 1. The van der Waals surface area contributed by atoms with Gasteiger partial charge in [0.2, 0.25) is 0 Å². The maximum Gasteiger partial charge on any atom is 0.0336 e. The molecule has 2 nitrogen and oxygen atoms in total. The van der Waals surface area contributed by atoms with Crippen LogP contribution in [0.1, 0.15) is 46.0 Å². The molecule has 0 aliphatic heterocycles. The Morgan fingerprint density at radius 3 is 2.36 bits per heavy atom. The highest BCUT2D eigenvalue weighted by Crippen LogP contribution is 2.46. The highest BCUT2D eigenvalue weighted by Gasteiger charge is 2.51. The molecule has 2 aliphatic rings. The van der Waals surface area contributed by atoms with Gasteiger partial charge in [-0.1, -0.05) is 13.8 Å². The Kier molecular flexibility index (Phi) is 2.85. The number of hydrogen-bond acceptors (Lipinski definition) is 2. The lowest BCUT2D eigenvalue weighted by Crippen LogP contribution is -2.45. The fourth-order valence-corrected chi connectivity index (χ4v) is 2.34. The van der Waals surface area contributed by atoms with Crippen molar-refractivity contribution in [2.75, 3.05) is 13.1 Å². The van der Waals surface area contributed by atoms with E-state index in [1.54, 1.807) is 0 Å². The normalized spacial score (nSPS) is 24.6. The van der Waals surface area contributed by atoms with Gasteiger partial charge in [-0.15, -0.1) is 0 Å². The minimum Gasteiger partial charge on any atom is -0.329 e. The lowest BCUT2D eigenvalue weighted by Gasteiger charge is -2.31. The minimum atomic E-state index is 0.441. The SMILES string of the molecule is CC(C)CCN(C1CC1)C1(CN)CC1. The first-order valence-electron chi connectivity index (χ1n) is 6.15. The highest BCUT2D eigenvalue weighted by atomic mass is 15.3. The second kappa shape index (κ2) is 3.82. The predicted octanol–water partition coefficient (Wildman–Crippen LogP) is 1.99. The van der Waals surface area contributed by atoms with Crippen LogP contribution < -0.4 is 5.73 Å². The molecule has 2 N–H and O–H groups in total. The Labute approximate surface area is 87.8 Å². The summed E-state index contributed by atoms with van der Waals surface area (Å²) < 4.78 is 0. The molecule has 0 aromatic carbocycles. The molecule has 0 amide bonds. The zero-order chi connectivity index (χ0) is 10.2. The van der Waals surface area contributed by atoms with Gasteiger partial charge < -0.3 is 5.73 Å². The molecule has 0 spiro atoms. The van der Waals surface area contributed by atoms with E-state index in [4.69, 9.17) is 5.73 Å². The molecule has 2 saturated carbocycles. The predicted molar refractivity (Wildman–Crippen MR) is 60.2 cm³/mol. The standard InChI is InChI=1S/C12H24N2/c1-10(2)5-8-14(11-3-4-11)12(9-13)6-7-12/h10-11H,3-9,13H2,1-2H3. The average molecular weight is 196 g/mol. The van der Waals surface area contributed by atoms with Crippen LogP contribution in [0.15, 0.2) is 0 Å². The Morgan fingerprint density at radius 2 is 2.00 bits per heavy atom. The van der Waals surface area contributed by atoms with E-state index >= 15 is 0 Å². The molecule has 0 bridgehead atoms. The summed E-state index contributed by atoms with van der Waals surface area (Å²) in [5, 5.41) is 0. The van der Waals surface area contributed by atoms with Gasteiger partial charge in [-0.3, -0.25) is 4.90 Å². The third kappa shape index (κ3) is 2.12. The summed E-state index contributed by atoms with van der Waals surface area (Å²) in [5.74, 6) is 0.824. The quantitative estimate of drug-likeness (QED) is 0.704. The van der Waals surface area contributed by atoms with Gasteiger partial charge in [-0.25, -0.2) is 0 Å². The first-order chi connectivity index (χ1) is 6.68. The summed E-state index contributed by atoms with van der Waals surface area (Å²) >= 11 is 0. The molecule has 0 aromatic rings. The Bertz CT molecular complexity index is 192. The number of rotatable bonds is 6. The van der Waals surface area contributed by atoms with Gasteiger partial charge in [0.25, 0.3) is 0 Å². The van der Waals surface area contributed by atoms with E-state index in [2.05, 4.69) is 18.7 Å². The molecule has 82 valence electrons. The molecule has 0 unspecified atom stereocenters. The van der Waals surface area contributed by atoms with E-state index in [1.165, 1.54) is 38.6 Å². The van der Waals surface area contributed by atoms with E-state index in [-0.39, 0.29) is 0 Å². The molecule has 2 aliphatic carbocycles. The fourth-order valence-electron chi connectivity index (χ4n) is 2.34. The van der Waals surface area contributed by atoms with Gasteiger partial charge in [-0.2, -0.15) is 0 Å². The Balaban J connectivity index is 1.88. The van der Waals surface area contributed by atoms with Crippen molar-refractivity contribution in [3.05, 3.63) is 0 Å². The maximum atomic E-state index is 5.90. The molecule has 14 heavy (non-hydrogen) atoms. The molecule has 2 fully saturated rings. The van der Waals surface area contributed by atoms with E-state index in [0.717, 1.165) is 18.5 Å². The first kappa shape index (κ1) is 10.4. The van der Waals surface area contributed by atoms with Crippen molar-refractivity contribution in [2.24, 2.45) is 11.7 Å². The fraction of sp³-hybridized carbons (Fsp3) is 1.00. The highest BCUT2D eigenvalue weighted by molar-refractivity contribution is 5.08. The van der Waals surface area contributed by atoms with Crippen molar-refractivity contribution in [2.45, 2.75) is 57.5 Å². The van der Waals surface area contributed by atoms with Gasteiger partial charge in [0.1, 0.15) is 0 Å². The lowest BCUT2D eigenvalue weighted by molar-refractivity contribution is 0.162. The molecular formula is C12H24N2. The van der Waals surface area contributed by atoms with Crippen LogP contribution in [0.2, 0.25) is 0 Å². The molecule has 2 rings (SSSR count). The van der Waals surface area contributed by atoms with Gasteiger partial charge in [0, 0.05) is 18.1 Å². The van der Waals surface area contributed by atoms with Crippen LogP contribution in [0.5, 0.6) is 0 Å². The van der Waals surface area contributed by atoms with Crippen LogP contribution in [0.25, 0.3) is 0 Å². The molecule has 0 radical (unpaired) electrons. The molecule has 0 atom stereocenters. The molecule has 2 heteroatoms. The number of nitrogens with two attached hydrogens (primary N) is 1. The monoisotopic (exact) mass is 196 g/mol. The van der Waals surface area contributed by atoms with Crippen molar-refractivity contribution in [3.8, 4) is 0 Å². The van der Waals surface area contributed by atoms with Crippen LogP contribution in [-0.2, 0) is 0 Å². The van der Waals surface area contributed by atoms with Crippen LogP contribution in [0.3, 0.4) is 0 Å². The van der Waals surface area contributed by atoms with Gasteiger partial charge in [-0.05, 0) is 44.6 Å². The first-order valence-corrected chi connectivity index (χ1v) is 6.15. The third-order valence-corrected chi connectivity index (χ3v) is 3.75. The molecule has 0 heterocycles. The van der Waals surface area contributed by atoms with E-state index in [9.17, 15) is 0 Å². The lowest BCUT2D eigenvalue weighted by atomic mass is 10.1. The maximum absolute atomic E-state index is 5.90. The minimum absolute atomic E-state index is 0.441. The van der Waals surface area contributed by atoms with Crippen LogP contribution in [0.4, 0.5) is 0 Å². The average Bonchev–Trinajstić information content (AvgIpc) is 3.00. The molecule has 0 aromatic heterocycles. The summed E-state index contributed by atoms with van der Waals surface area (Å²) in [4.78, 5) is 2.73. The van der Waals surface area contributed by atoms with Crippen LogP contribution in [0, 0.1) is 5.92 Å². The third-order valence-electron chi connectivity index (χ3n) is 3.75. The van der Waals surface area contributed by atoms with Crippen molar-refractivity contribution in [3.63, 3.8) is 0 Å². The van der Waals surface area contributed by atoms with E-state index in [0.29, 0.717) is 5.54 Å². The summed E-state index contributed by atoms with van der Waals surface area (Å²) in [6, 6.07) is 0.889. The second-order valence-corrected chi connectivity index (χ2v) is 5.54. The Morgan fingerprint density at radius 1 is 1.36 bits per heavy atom. The second-order valence-electron chi connectivity index (χ2n) is 5.54. The Hall–Kier alpha value is -0.0800. The summed E-state index contributed by atoms with van der Waals surface area (Å²) in [5.41, 5.74) is 6.34. The van der Waals surface area contributed by atoms with E-state index in [1.807, 2.05) is 0 Å². The van der Waals surface area contributed by atoms with Gasteiger partial charge >= 0.3 is 0 Å². The van der Waals surface area contributed by atoms with Crippen molar-refractivity contribution < 1.29 is 0 Å². The molecular weight excluding hydrogens is 172 g/mol. The van der Waals surface area contributed by atoms with Crippen LogP contribution in [-0.4, -0.2) is 29.6 Å². The van der Waals surface area contributed by atoms with Gasteiger partial charge in [0.05, 0.1) is 0 Å². The zero-order valence-corrected chi connectivity index (χ0v) is 9.63. The van der Waals surface area contributed by atoms with Crippen molar-refractivity contribution in [1.29, 1.82) is 0 Å². The summed E-state index contributed by atoms with van der Waals surface area (Å²) in [6.45, 7) is 6.78. The summed E-state index contributed by atoms with van der Waals surface area (Å²) in [6.07, 6.45) is 6.86. The van der Waals surface area contributed by atoms with Crippen LogP contribution >= 0.6 is 0 Å². The van der Waals surface area contributed by atoms with E-state index < -0.39 is 0 Å². The van der Waals surface area contributed by atoms with Crippen molar-refractivity contribution >= 4 is 0 Å². The zero-order valence-electron chi connectivity index (χ0n) is 9.63. The number of hydrogen-bond donors (Lipinski definition) is 1. The van der Waals surface area contributed by atoms with Gasteiger partial charge in [0.15, 0.2) is 0 Å². The topological polar surface area (TPSA) is 29.3 Å². The summed E-state index contributed by atoms with van der Waals surface area (Å²) in [7, 11) is 0. The largest absolute Gasteiger partial charge is 0.329 e.